The van der Waals surface area contributed by atoms with Crippen molar-refractivity contribution in [2.75, 3.05) is 31.3 Å². The van der Waals surface area contributed by atoms with Gasteiger partial charge in [0.2, 0.25) is 5.91 Å². The van der Waals surface area contributed by atoms with Gasteiger partial charge in [-0.15, -0.1) is 11.8 Å². The van der Waals surface area contributed by atoms with Crippen LogP contribution in [0.1, 0.15) is 16.6 Å². The highest BCUT2D eigenvalue weighted by Crippen LogP contribution is 2.38. The number of hydrogen-bond acceptors (Lipinski definition) is 4. The number of carbonyl (C=O) groups is 1. The molecule has 2 heterocycles. The van der Waals surface area contributed by atoms with E-state index < -0.39 is 0 Å². The summed E-state index contributed by atoms with van der Waals surface area (Å²) in [5.74, 6) is 0.773. The van der Waals surface area contributed by atoms with Crippen molar-refractivity contribution in [3.63, 3.8) is 0 Å². The molecule has 120 valence electrons. The summed E-state index contributed by atoms with van der Waals surface area (Å²) in [5.41, 5.74) is 3.38. The van der Waals surface area contributed by atoms with E-state index in [-0.39, 0.29) is 11.3 Å². The number of anilines is 1. The van der Waals surface area contributed by atoms with E-state index >= 15 is 0 Å². The predicted octanol–water partition coefficient (Wildman–Crippen LogP) is 2.96. The lowest BCUT2D eigenvalue weighted by molar-refractivity contribution is -0.128. The number of hydrogen-bond donors (Lipinski definition) is 0. The molecular weight excluding hydrogens is 306 g/mol. The Bertz CT molecular complexity index is 658. The lowest BCUT2D eigenvalue weighted by Crippen LogP contribution is -2.30. The van der Waals surface area contributed by atoms with Crippen molar-refractivity contribution in [2.45, 2.75) is 11.8 Å². The van der Waals surface area contributed by atoms with Crippen LogP contribution in [0.2, 0.25) is 0 Å². The first-order valence-corrected chi connectivity index (χ1v) is 8.78. The SMILES string of the molecule is CN(C)c1ccc(C2SCC(=O)N2CCc2ccccn2)cc1. The van der Waals surface area contributed by atoms with E-state index in [2.05, 4.69) is 34.1 Å². The fraction of sp³-hybridized carbons (Fsp3) is 0.333. The zero-order valence-electron chi connectivity index (χ0n) is 13.5. The first kappa shape index (κ1) is 15.9. The smallest absolute Gasteiger partial charge is 0.233 e. The van der Waals surface area contributed by atoms with Gasteiger partial charge >= 0.3 is 0 Å². The third-order valence-electron chi connectivity index (χ3n) is 4.00. The van der Waals surface area contributed by atoms with Gasteiger partial charge in [-0.25, -0.2) is 0 Å². The zero-order chi connectivity index (χ0) is 16.2. The van der Waals surface area contributed by atoms with Gasteiger partial charge in [0, 0.05) is 44.6 Å². The minimum Gasteiger partial charge on any atom is -0.378 e. The highest BCUT2D eigenvalue weighted by Gasteiger charge is 2.32. The number of nitrogens with zero attached hydrogens (tertiary/aromatic N) is 3. The van der Waals surface area contributed by atoms with Crippen molar-refractivity contribution in [1.82, 2.24) is 9.88 Å². The monoisotopic (exact) mass is 327 g/mol. The zero-order valence-corrected chi connectivity index (χ0v) is 14.3. The quantitative estimate of drug-likeness (QED) is 0.846. The molecule has 0 aliphatic carbocycles. The van der Waals surface area contributed by atoms with E-state index in [0.717, 1.165) is 12.1 Å². The van der Waals surface area contributed by atoms with E-state index in [1.807, 2.05) is 37.2 Å². The first-order chi connectivity index (χ1) is 11.1. The Balaban J connectivity index is 1.71. The van der Waals surface area contributed by atoms with E-state index in [4.69, 9.17) is 0 Å². The molecule has 0 spiro atoms. The van der Waals surface area contributed by atoms with Crippen molar-refractivity contribution in [3.05, 3.63) is 59.9 Å². The van der Waals surface area contributed by atoms with Gasteiger partial charge in [0.15, 0.2) is 0 Å². The number of thioether (sulfide) groups is 1. The number of carbonyl (C=O) groups excluding carboxylic acids is 1. The molecule has 1 fully saturated rings. The molecule has 2 aromatic rings. The molecule has 0 N–H and O–H groups in total. The second-order valence-electron chi connectivity index (χ2n) is 5.81. The average Bonchev–Trinajstić information content (AvgIpc) is 2.95. The number of benzene rings is 1. The Morgan fingerprint density at radius 1 is 1.22 bits per heavy atom. The van der Waals surface area contributed by atoms with Gasteiger partial charge < -0.3 is 9.80 Å². The third kappa shape index (κ3) is 3.67. The summed E-state index contributed by atoms with van der Waals surface area (Å²) in [4.78, 5) is 20.6. The van der Waals surface area contributed by atoms with Gasteiger partial charge in [-0.1, -0.05) is 18.2 Å². The lowest BCUT2D eigenvalue weighted by Gasteiger charge is -2.24. The molecule has 1 saturated heterocycles. The van der Waals surface area contributed by atoms with Crippen molar-refractivity contribution >= 4 is 23.4 Å². The van der Waals surface area contributed by atoms with Gasteiger partial charge in [0.25, 0.3) is 0 Å². The largest absolute Gasteiger partial charge is 0.378 e. The van der Waals surface area contributed by atoms with Crippen LogP contribution in [0.3, 0.4) is 0 Å². The maximum Gasteiger partial charge on any atom is 0.233 e. The Kier molecular flexibility index (Phi) is 4.86. The van der Waals surface area contributed by atoms with Crippen LogP contribution in [0.5, 0.6) is 0 Å². The van der Waals surface area contributed by atoms with Gasteiger partial charge in [-0.05, 0) is 29.8 Å². The third-order valence-corrected chi connectivity index (χ3v) is 5.25. The molecule has 1 aromatic carbocycles. The highest BCUT2D eigenvalue weighted by molar-refractivity contribution is 8.00. The van der Waals surface area contributed by atoms with Crippen LogP contribution in [0.15, 0.2) is 48.7 Å². The van der Waals surface area contributed by atoms with Crippen molar-refractivity contribution in [1.29, 1.82) is 0 Å². The fourth-order valence-corrected chi connectivity index (χ4v) is 3.91. The summed E-state index contributed by atoms with van der Waals surface area (Å²) in [6.07, 6.45) is 2.59. The van der Waals surface area contributed by atoms with E-state index in [9.17, 15) is 4.79 Å². The topological polar surface area (TPSA) is 36.4 Å². The van der Waals surface area contributed by atoms with Crippen molar-refractivity contribution in [2.24, 2.45) is 0 Å². The molecule has 1 aromatic heterocycles. The Labute approximate surface area is 141 Å². The molecule has 1 amide bonds. The Morgan fingerprint density at radius 3 is 2.65 bits per heavy atom. The average molecular weight is 327 g/mol. The first-order valence-electron chi connectivity index (χ1n) is 7.73. The Hall–Kier alpha value is -2.01. The minimum absolute atomic E-state index is 0.113. The molecule has 0 bridgehead atoms. The van der Waals surface area contributed by atoms with Crippen LogP contribution in [0, 0.1) is 0 Å². The van der Waals surface area contributed by atoms with E-state index in [1.165, 1.54) is 11.3 Å². The van der Waals surface area contributed by atoms with Gasteiger partial charge in [-0.3, -0.25) is 9.78 Å². The van der Waals surface area contributed by atoms with Gasteiger partial charge in [0.05, 0.1) is 5.75 Å². The van der Waals surface area contributed by atoms with E-state index in [0.29, 0.717) is 12.3 Å². The number of rotatable bonds is 5. The number of pyridine rings is 1. The molecule has 5 heteroatoms. The van der Waals surface area contributed by atoms with Crippen LogP contribution in [0.25, 0.3) is 0 Å². The molecule has 0 radical (unpaired) electrons. The summed E-state index contributed by atoms with van der Waals surface area (Å²) in [6.45, 7) is 0.711. The lowest BCUT2D eigenvalue weighted by atomic mass is 10.1. The van der Waals surface area contributed by atoms with Crippen LogP contribution in [-0.4, -0.2) is 42.2 Å². The van der Waals surface area contributed by atoms with Gasteiger partial charge in [-0.2, -0.15) is 0 Å². The fourth-order valence-electron chi connectivity index (χ4n) is 2.69. The second kappa shape index (κ2) is 7.04. The normalized spacial score (nSPS) is 17.6. The molecule has 23 heavy (non-hydrogen) atoms. The molecule has 4 nitrogen and oxygen atoms in total. The van der Waals surface area contributed by atoms with Crippen LogP contribution >= 0.6 is 11.8 Å². The predicted molar refractivity (Wildman–Crippen MR) is 95.6 cm³/mol. The summed E-state index contributed by atoms with van der Waals surface area (Å²) < 4.78 is 0. The molecule has 1 aliphatic heterocycles. The number of aromatic nitrogens is 1. The van der Waals surface area contributed by atoms with Crippen LogP contribution in [0.4, 0.5) is 5.69 Å². The highest BCUT2D eigenvalue weighted by atomic mass is 32.2. The van der Waals surface area contributed by atoms with E-state index in [1.54, 1.807) is 18.0 Å². The Morgan fingerprint density at radius 2 is 2.00 bits per heavy atom. The summed E-state index contributed by atoms with van der Waals surface area (Å²) >= 11 is 1.70. The molecule has 3 rings (SSSR count). The molecule has 1 unspecified atom stereocenters. The maximum atomic E-state index is 12.2. The van der Waals surface area contributed by atoms with Crippen molar-refractivity contribution in [3.8, 4) is 0 Å². The summed E-state index contributed by atoms with van der Waals surface area (Å²) in [7, 11) is 4.06. The number of amides is 1. The molecule has 0 saturated carbocycles. The minimum atomic E-state index is 0.113. The van der Waals surface area contributed by atoms with Crippen LogP contribution < -0.4 is 4.90 Å². The standard InChI is InChI=1S/C18H21N3OS/c1-20(2)16-8-6-14(7-9-16)18-21(17(22)13-23-18)12-10-15-5-3-4-11-19-15/h3-9,11,18H,10,12-13H2,1-2H3. The van der Waals surface area contributed by atoms with Crippen molar-refractivity contribution < 1.29 is 4.79 Å². The molecule has 1 aliphatic rings. The second-order valence-corrected chi connectivity index (χ2v) is 6.88. The summed E-state index contributed by atoms with van der Waals surface area (Å²) in [5, 5.41) is 0.113. The molecular formula is C18H21N3OS. The molecule has 1 atom stereocenters. The van der Waals surface area contributed by atoms with Gasteiger partial charge in [0.1, 0.15) is 5.37 Å². The summed E-state index contributed by atoms with van der Waals surface area (Å²) in [6, 6.07) is 14.4. The van der Waals surface area contributed by atoms with Crippen LogP contribution in [-0.2, 0) is 11.2 Å². The maximum absolute atomic E-state index is 12.2.